The minimum atomic E-state index is -3.57. The number of hydrogen-bond donors (Lipinski definition) is 2. The van der Waals surface area contributed by atoms with Crippen LogP contribution in [-0.4, -0.2) is 30.4 Å². The SMILES string of the molecule is CNS(=O)(=O)c1cccc(-c2cnc3[nH]cc([N+](=O)[O-])c3c2)c1. The summed E-state index contributed by atoms with van der Waals surface area (Å²) in [5, 5.41) is 11.4. The topological polar surface area (TPSA) is 118 Å². The molecule has 8 nitrogen and oxygen atoms in total. The van der Waals surface area contributed by atoms with Crippen LogP contribution in [0.2, 0.25) is 0 Å². The van der Waals surface area contributed by atoms with Crippen LogP contribution in [-0.2, 0) is 10.0 Å². The van der Waals surface area contributed by atoms with Gasteiger partial charge in [0.05, 0.1) is 21.4 Å². The Bertz CT molecular complexity index is 1010. The van der Waals surface area contributed by atoms with Crippen molar-refractivity contribution in [3.8, 4) is 11.1 Å². The molecular weight excluding hydrogens is 320 g/mol. The number of fused-ring (bicyclic) bond motifs is 1. The molecule has 1 aromatic carbocycles. The summed E-state index contributed by atoms with van der Waals surface area (Å²) >= 11 is 0. The molecule has 0 aliphatic heterocycles. The molecule has 2 aromatic heterocycles. The molecule has 0 atom stereocenters. The van der Waals surface area contributed by atoms with Gasteiger partial charge in [-0.25, -0.2) is 18.1 Å². The Morgan fingerprint density at radius 3 is 2.74 bits per heavy atom. The third-order valence-corrected chi connectivity index (χ3v) is 4.86. The van der Waals surface area contributed by atoms with Crippen LogP contribution in [0.5, 0.6) is 0 Å². The van der Waals surface area contributed by atoms with Gasteiger partial charge in [0, 0.05) is 11.8 Å². The highest BCUT2D eigenvalue weighted by Crippen LogP contribution is 2.29. The third-order valence-electron chi connectivity index (χ3n) is 3.45. The molecule has 0 unspecified atom stereocenters. The van der Waals surface area contributed by atoms with Crippen molar-refractivity contribution in [3.05, 3.63) is 52.8 Å². The summed E-state index contributed by atoms with van der Waals surface area (Å²) in [7, 11) is -2.23. The molecule has 2 N–H and O–H groups in total. The van der Waals surface area contributed by atoms with Gasteiger partial charge in [0.15, 0.2) is 0 Å². The molecule has 0 fully saturated rings. The second-order valence-electron chi connectivity index (χ2n) is 4.79. The predicted molar refractivity (Wildman–Crippen MR) is 84.4 cm³/mol. The summed E-state index contributed by atoms with van der Waals surface area (Å²) in [5.74, 6) is 0. The normalized spacial score (nSPS) is 11.7. The number of hydrogen-bond acceptors (Lipinski definition) is 5. The molecule has 0 aliphatic rings. The van der Waals surface area contributed by atoms with Crippen molar-refractivity contribution < 1.29 is 13.3 Å². The van der Waals surface area contributed by atoms with E-state index in [1.165, 1.54) is 31.6 Å². The van der Waals surface area contributed by atoms with E-state index in [0.717, 1.165) is 0 Å². The van der Waals surface area contributed by atoms with Crippen molar-refractivity contribution in [2.45, 2.75) is 4.90 Å². The lowest BCUT2D eigenvalue weighted by molar-refractivity contribution is -0.383. The van der Waals surface area contributed by atoms with Gasteiger partial charge in [-0.05, 0) is 30.8 Å². The number of nitro groups is 1. The van der Waals surface area contributed by atoms with Gasteiger partial charge in [-0.1, -0.05) is 12.1 Å². The highest BCUT2D eigenvalue weighted by molar-refractivity contribution is 7.89. The highest BCUT2D eigenvalue weighted by Gasteiger charge is 2.16. The van der Waals surface area contributed by atoms with Crippen molar-refractivity contribution in [1.29, 1.82) is 0 Å². The number of pyridine rings is 1. The van der Waals surface area contributed by atoms with Crippen molar-refractivity contribution in [2.24, 2.45) is 0 Å². The quantitative estimate of drug-likeness (QED) is 0.560. The zero-order valence-electron chi connectivity index (χ0n) is 12.0. The van der Waals surface area contributed by atoms with Crippen molar-refractivity contribution in [1.82, 2.24) is 14.7 Å². The molecule has 118 valence electrons. The monoisotopic (exact) mass is 332 g/mol. The highest BCUT2D eigenvalue weighted by atomic mass is 32.2. The van der Waals surface area contributed by atoms with Gasteiger partial charge in [-0.15, -0.1) is 0 Å². The molecule has 3 rings (SSSR count). The van der Waals surface area contributed by atoms with Gasteiger partial charge in [-0.3, -0.25) is 10.1 Å². The molecule has 2 heterocycles. The lowest BCUT2D eigenvalue weighted by atomic mass is 10.1. The number of aromatic amines is 1. The summed E-state index contributed by atoms with van der Waals surface area (Å²) in [6.07, 6.45) is 2.82. The lowest BCUT2D eigenvalue weighted by Gasteiger charge is -2.06. The number of nitrogens with zero attached hydrogens (tertiary/aromatic N) is 2. The molecule has 0 saturated carbocycles. The van der Waals surface area contributed by atoms with E-state index < -0.39 is 14.9 Å². The van der Waals surface area contributed by atoms with Crippen LogP contribution in [0, 0.1) is 10.1 Å². The molecule has 23 heavy (non-hydrogen) atoms. The molecule has 0 radical (unpaired) electrons. The maximum Gasteiger partial charge on any atom is 0.296 e. The minimum absolute atomic E-state index is 0.0756. The van der Waals surface area contributed by atoms with Crippen molar-refractivity contribution in [3.63, 3.8) is 0 Å². The fourth-order valence-corrected chi connectivity index (χ4v) is 3.03. The van der Waals surface area contributed by atoms with Crippen LogP contribution in [0.1, 0.15) is 0 Å². The van der Waals surface area contributed by atoms with E-state index in [-0.39, 0.29) is 10.6 Å². The Labute approximate surface area is 131 Å². The predicted octanol–water partition coefficient (Wildman–Crippen LogP) is 2.05. The minimum Gasteiger partial charge on any atom is -0.340 e. The van der Waals surface area contributed by atoms with E-state index in [1.807, 2.05) is 0 Å². The first-order valence-corrected chi connectivity index (χ1v) is 8.06. The number of H-pyrrole nitrogens is 1. The first-order valence-electron chi connectivity index (χ1n) is 6.58. The lowest BCUT2D eigenvalue weighted by Crippen LogP contribution is -2.18. The largest absolute Gasteiger partial charge is 0.340 e. The molecule has 0 bridgehead atoms. The Morgan fingerprint density at radius 2 is 2.04 bits per heavy atom. The Balaban J connectivity index is 2.15. The van der Waals surface area contributed by atoms with Crippen LogP contribution in [0.25, 0.3) is 22.2 Å². The van der Waals surface area contributed by atoms with E-state index in [4.69, 9.17) is 0 Å². The summed E-state index contributed by atoms with van der Waals surface area (Å²) < 4.78 is 26.0. The second-order valence-corrected chi connectivity index (χ2v) is 6.67. The zero-order chi connectivity index (χ0) is 16.6. The van der Waals surface area contributed by atoms with Crippen molar-refractivity contribution >= 4 is 26.7 Å². The van der Waals surface area contributed by atoms with Gasteiger partial charge in [0.1, 0.15) is 5.65 Å². The summed E-state index contributed by atoms with van der Waals surface area (Å²) in [6, 6.07) is 7.90. The molecule has 9 heteroatoms. The summed E-state index contributed by atoms with van der Waals surface area (Å²) in [4.78, 5) is 17.5. The Morgan fingerprint density at radius 1 is 1.26 bits per heavy atom. The number of sulfonamides is 1. The number of rotatable bonds is 4. The van der Waals surface area contributed by atoms with Gasteiger partial charge < -0.3 is 4.98 Å². The molecule has 0 spiro atoms. The Hall–Kier alpha value is -2.78. The Kier molecular flexibility index (Phi) is 3.58. The van der Waals surface area contributed by atoms with Gasteiger partial charge in [0.2, 0.25) is 10.0 Å². The molecule has 3 aromatic rings. The van der Waals surface area contributed by atoms with E-state index in [9.17, 15) is 18.5 Å². The van der Waals surface area contributed by atoms with Crippen LogP contribution in [0.3, 0.4) is 0 Å². The average Bonchev–Trinajstić information content (AvgIpc) is 2.98. The molecule has 0 saturated heterocycles. The van der Waals surface area contributed by atoms with E-state index >= 15 is 0 Å². The fourth-order valence-electron chi connectivity index (χ4n) is 2.26. The van der Waals surface area contributed by atoms with Gasteiger partial charge in [-0.2, -0.15) is 0 Å². The number of aromatic nitrogens is 2. The van der Waals surface area contributed by atoms with Gasteiger partial charge in [0.25, 0.3) is 5.69 Å². The maximum atomic E-state index is 11.9. The average molecular weight is 332 g/mol. The summed E-state index contributed by atoms with van der Waals surface area (Å²) in [5.41, 5.74) is 1.52. The van der Waals surface area contributed by atoms with Crippen molar-refractivity contribution in [2.75, 3.05) is 7.05 Å². The first-order chi connectivity index (χ1) is 10.9. The maximum absolute atomic E-state index is 11.9. The van der Waals surface area contributed by atoms with E-state index in [0.29, 0.717) is 22.2 Å². The van der Waals surface area contributed by atoms with E-state index in [1.54, 1.807) is 18.2 Å². The number of benzene rings is 1. The standard InChI is InChI=1S/C14H12N4O4S/c1-15-23(21,22)11-4-2-3-9(5-11)10-6-12-13(18(19)20)8-17-14(12)16-7-10/h2-8,15H,1H3,(H,16,17). The smallest absolute Gasteiger partial charge is 0.296 e. The first kappa shape index (κ1) is 15.1. The second kappa shape index (κ2) is 5.45. The van der Waals surface area contributed by atoms with Crippen LogP contribution in [0.15, 0.2) is 47.6 Å². The molecular formula is C14H12N4O4S. The third kappa shape index (κ3) is 2.67. The fraction of sp³-hybridized carbons (Fsp3) is 0.0714. The summed E-state index contributed by atoms with van der Waals surface area (Å²) in [6.45, 7) is 0. The van der Waals surface area contributed by atoms with Crippen LogP contribution in [0.4, 0.5) is 5.69 Å². The van der Waals surface area contributed by atoms with Crippen LogP contribution < -0.4 is 4.72 Å². The molecule has 0 aliphatic carbocycles. The number of nitrogens with one attached hydrogen (secondary N) is 2. The van der Waals surface area contributed by atoms with Gasteiger partial charge >= 0.3 is 0 Å². The zero-order valence-corrected chi connectivity index (χ0v) is 12.8. The van der Waals surface area contributed by atoms with E-state index in [2.05, 4.69) is 14.7 Å². The molecule has 0 amide bonds. The van der Waals surface area contributed by atoms with Crippen LogP contribution >= 0.6 is 0 Å².